The van der Waals surface area contributed by atoms with Crippen molar-refractivity contribution >= 4 is 23.8 Å². The number of carbonyl (C=O) groups excluding carboxylic acids is 2. The van der Waals surface area contributed by atoms with Gasteiger partial charge in [0.15, 0.2) is 0 Å². The van der Waals surface area contributed by atoms with Gasteiger partial charge in [0.2, 0.25) is 5.89 Å². The molecule has 0 fully saturated rings. The Morgan fingerprint density at radius 1 is 1.29 bits per heavy atom. The van der Waals surface area contributed by atoms with Crippen LogP contribution in [0.2, 0.25) is 0 Å². The zero-order valence-corrected chi connectivity index (χ0v) is 17.0. The molecule has 2 amide bonds. The Morgan fingerprint density at radius 3 is 2.79 bits per heavy atom. The highest BCUT2D eigenvalue weighted by molar-refractivity contribution is 7.99. The highest BCUT2D eigenvalue weighted by atomic mass is 32.2. The van der Waals surface area contributed by atoms with Gasteiger partial charge in [-0.25, -0.2) is 9.59 Å². The topological polar surface area (TPSA) is 106 Å². The van der Waals surface area contributed by atoms with Crippen molar-refractivity contribution in [2.24, 2.45) is 0 Å². The number of hydrogen-bond donors (Lipinski definition) is 2. The van der Waals surface area contributed by atoms with Crippen molar-refractivity contribution in [2.45, 2.75) is 39.0 Å². The quantitative estimate of drug-likeness (QED) is 0.565. The molecule has 0 saturated carbocycles. The lowest BCUT2D eigenvalue weighted by Gasteiger charge is -2.26. The molecule has 8 nitrogen and oxygen atoms in total. The van der Waals surface area contributed by atoms with Gasteiger partial charge in [-0.05, 0) is 51.0 Å². The van der Waals surface area contributed by atoms with Crippen molar-refractivity contribution in [3.8, 4) is 11.5 Å². The second-order valence-corrected chi connectivity index (χ2v) is 7.32. The van der Waals surface area contributed by atoms with Crippen LogP contribution in [-0.4, -0.2) is 40.6 Å². The summed E-state index contributed by atoms with van der Waals surface area (Å²) >= 11 is 1.24. The number of aryl methyl sites for hydroxylation is 2. The minimum atomic E-state index is -0.459. The lowest BCUT2D eigenvalue weighted by molar-refractivity contribution is -0.138. The normalized spacial score (nSPS) is 16.6. The number of rotatable bonds is 6. The molecule has 2 heterocycles. The van der Waals surface area contributed by atoms with E-state index in [4.69, 9.17) is 9.15 Å². The number of benzene rings is 1. The zero-order valence-electron chi connectivity index (χ0n) is 16.2. The van der Waals surface area contributed by atoms with Gasteiger partial charge in [-0.3, -0.25) is 0 Å². The molecule has 1 atom stereocenters. The highest BCUT2D eigenvalue weighted by Gasteiger charge is 2.29. The predicted octanol–water partition coefficient (Wildman–Crippen LogP) is 2.96. The minimum absolute atomic E-state index is 0.256. The maximum absolute atomic E-state index is 12.3. The fourth-order valence-corrected chi connectivity index (χ4v) is 3.52. The lowest BCUT2D eigenvalue weighted by Crippen LogP contribution is -2.49. The van der Waals surface area contributed by atoms with Crippen LogP contribution in [0.5, 0.6) is 0 Å². The fourth-order valence-electron chi connectivity index (χ4n) is 2.79. The second kappa shape index (κ2) is 8.47. The molecule has 2 N–H and O–H groups in total. The Morgan fingerprint density at radius 2 is 2.07 bits per heavy atom. The monoisotopic (exact) mass is 402 g/mol. The first-order valence-corrected chi connectivity index (χ1v) is 9.89. The number of amides is 2. The van der Waals surface area contributed by atoms with Crippen LogP contribution in [0.3, 0.4) is 0 Å². The van der Waals surface area contributed by atoms with Crippen molar-refractivity contribution in [1.29, 1.82) is 0 Å². The van der Waals surface area contributed by atoms with Crippen LogP contribution in [0.4, 0.5) is 4.79 Å². The van der Waals surface area contributed by atoms with Gasteiger partial charge in [-0.2, -0.15) is 0 Å². The number of ether oxygens (including phenoxy) is 1. The third-order valence-corrected chi connectivity index (χ3v) is 5.21. The average molecular weight is 402 g/mol. The third kappa shape index (κ3) is 4.36. The molecule has 1 aromatic carbocycles. The smallest absolute Gasteiger partial charge is 0.337 e. The van der Waals surface area contributed by atoms with Gasteiger partial charge in [0, 0.05) is 17.0 Å². The van der Waals surface area contributed by atoms with E-state index < -0.39 is 12.0 Å². The van der Waals surface area contributed by atoms with Gasteiger partial charge in [0.25, 0.3) is 5.22 Å². The molecular weight excluding hydrogens is 380 g/mol. The summed E-state index contributed by atoms with van der Waals surface area (Å²) in [5.74, 6) is 0.257. The largest absolute Gasteiger partial charge is 0.463 e. The third-order valence-electron chi connectivity index (χ3n) is 4.37. The van der Waals surface area contributed by atoms with Crippen LogP contribution in [0.1, 0.15) is 25.0 Å². The Hall–Kier alpha value is -2.81. The van der Waals surface area contributed by atoms with Crippen LogP contribution < -0.4 is 10.6 Å². The molecule has 0 unspecified atom stereocenters. The molecule has 0 aliphatic carbocycles. The van der Waals surface area contributed by atoms with Gasteiger partial charge in [0.05, 0.1) is 18.2 Å². The first kappa shape index (κ1) is 19.9. The number of carbonyl (C=O) groups is 2. The molecule has 3 rings (SSSR count). The van der Waals surface area contributed by atoms with E-state index in [9.17, 15) is 9.59 Å². The second-order valence-electron chi connectivity index (χ2n) is 6.39. The SMILES string of the molecule is CCOC(=O)C1=C(CSc2nnc(-c3ccc(C)c(C)c3)o2)NC(=O)N[C@@H]1C. The summed E-state index contributed by atoms with van der Waals surface area (Å²) in [6, 6.07) is 5.12. The van der Waals surface area contributed by atoms with Crippen molar-refractivity contribution in [3.63, 3.8) is 0 Å². The van der Waals surface area contributed by atoms with Gasteiger partial charge >= 0.3 is 12.0 Å². The lowest BCUT2D eigenvalue weighted by atomic mass is 10.1. The number of aromatic nitrogens is 2. The fraction of sp³-hybridized carbons (Fsp3) is 0.368. The molecule has 28 heavy (non-hydrogen) atoms. The number of esters is 1. The van der Waals surface area contributed by atoms with Gasteiger partial charge in [-0.15, -0.1) is 10.2 Å². The van der Waals surface area contributed by atoms with Gasteiger partial charge in [-0.1, -0.05) is 17.8 Å². The molecule has 9 heteroatoms. The number of nitrogens with one attached hydrogen (secondary N) is 2. The average Bonchev–Trinajstić information content (AvgIpc) is 3.11. The van der Waals surface area contributed by atoms with E-state index in [1.807, 2.05) is 32.0 Å². The summed E-state index contributed by atoms with van der Waals surface area (Å²) in [4.78, 5) is 24.1. The van der Waals surface area contributed by atoms with Gasteiger partial charge < -0.3 is 19.8 Å². The molecule has 2 aromatic rings. The molecule has 148 valence electrons. The minimum Gasteiger partial charge on any atom is -0.463 e. The number of hydrogen-bond acceptors (Lipinski definition) is 7. The van der Waals surface area contributed by atoms with Crippen molar-refractivity contribution in [2.75, 3.05) is 12.4 Å². The van der Waals surface area contributed by atoms with Crippen LogP contribution in [-0.2, 0) is 9.53 Å². The summed E-state index contributed by atoms with van der Waals surface area (Å²) in [5, 5.41) is 13.8. The predicted molar refractivity (Wildman–Crippen MR) is 105 cm³/mol. The standard InChI is InChI=1S/C19H22N4O4S/c1-5-26-17(24)15-12(4)20-18(25)21-14(15)9-28-19-23-22-16(27-19)13-7-6-10(2)11(3)8-13/h6-8,12H,5,9H2,1-4H3,(H2,20,21,25)/t12-/m1/s1. The summed E-state index contributed by atoms with van der Waals surface area (Å²) in [5.41, 5.74) is 4.04. The van der Waals surface area contributed by atoms with Crippen LogP contribution in [0, 0.1) is 13.8 Å². The van der Waals surface area contributed by atoms with Crippen LogP contribution >= 0.6 is 11.8 Å². The molecular formula is C19H22N4O4S. The van der Waals surface area contributed by atoms with E-state index in [0.29, 0.717) is 28.1 Å². The van der Waals surface area contributed by atoms with Crippen LogP contribution in [0.15, 0.2) is 39.1 Å². The summed E-state index contributed by atoms with van der Waals surface area (Å²) < 4.78 is 10.8. The van der Waals surface area contributed by atoms with Crippen molar-refractivity contribution < 1.29 is 18.7 Å². The Kier molecular flexibility index (Phi) is 6.03. The highest BCUT2D eigenvalue weighted by Crippen LogP contribution is 2.27. The van der Waals surface area contributed by atoms with E-state index in [1.165, 1.54) is 17.3 Å². The molecule has 0 radical (unpaired) electrons. The molecule has 1 aromatic heterocycles. The Labute approximate surface area is 167 Å². The maximum atomic E-state index is 12.3. The number of urea groups is 1. The summed E-state index contributed by atoms with van der Waals surface area (Å²) in [6.45, 7) is 7.79. The first-order chi connectivity index (χ1) is 13.4. The Bertz CT molecular complexity index is 938. The summed E-state index contributed by atoms with van der Waals surface area (Å²) in [6.07, 6.45) is 0. The van der Waals surface area contributed by atoms with E-state index in [0.717, 1.165) is 11.1 Å². The number of nitrogens with zero attached hydrogens (tertiary/aromatic N) is 2. The molecule has 1 aliphatic rings. The van der Waals surface area contributed by atoms with Crippen LogP contribution in [0.25, 0.3) is 11.5 Å². The molecule has 0 bridgehead atoms. The Balaban J connectivity index is 1.77. The van der Waals surface area contributed by atoms with E-state index in [2.05, 4.69) is 20.8 Å². The molecule has 0 spiro atoms. The van der Waals surface area contributed by atoms with E-state index in [1.54, 1.807) is 13.8 Å². The number of thioether (sulfide) groups is 1. The first-order valence-electron chi connectivity index (χ1n) is 8.90. The maximum Gasteiger partial charge on any atom is 0.337 e. The zero-order chi connectivity index (χ0) is 20.3. The van der Waals surface area contributed by atoms with Gasteiger partial charge in [0.1, 0.15) is 0 Å². The van der Waals surface area contributed by atoms with E-state index >= 15 is 0 Å². The molecule has 1 aliphatic heterocycles. The van der Waals surface area contributed by atoms with Crippen molar-refractivity contribution in [1.82, 2.24) is 20.8 Å². The van der Waals surface area contributed by atoms with E-state index in [-0.39, 0.29) is 12.6 Å². The molecule has 0 saturated heterocycles. The summed E-state index contributed by atoms with van der Waals surface area (Å²) in [7, 11) is 0. The van der Waals surface area contributed by atoms with Crippen molar-refractivity contribution in [3.05, 3.63) is 40.6 Å².